The first-order valence-electron chi connectivity index (χ1n) is 8.99. The number of carbonyl (C=O) groups excluding carboxylic acids is 3. The second-order valence-corrected chi connectivity index (χ2v) is 8.41. The Bertz CT molecular complexity index is 685. The maximum Gasteiger partial charge on any atom is 0.322 e. The largest absolute Gasteiger partial charge is 0.342 e. The molecule has 3 rings (SSSR count). The van der Waals surface area contributed by atoms with Crippen LogP contribution in [-0.2, 0) is 15.3 Å². The quantitative estimate of drug-likeness (QED) is 0.773. The molecule has 140 valence electrons. The molecule has 4 amide bonds. The fraction of sp³-hybridized carbons (Fsp3) is 0.526. The van der Waals surface area contributed by atoms with Gasteiger partial charge >= 0.3 is 6.03 Å². The number of piperidine rings is 1. The first kappa shape index (κ1) is 18.8. The molecule has 7 heteroatoms. The van der Waals surface area contributed by atoms with Crippen molar-refractivity contribution in [1.82, 2.24) is 15.5 Å². The summed E-state index contributed by atoms with van der Waals surface area (Å²) in [5.74, 6) is 0.877. The first-order valence-corrected chi connectivity index (χ1v) is 10.0. The molecule has 0 aromatic heterocycles. The Balaban J connectivity index is 1.60. The summed E-state index contributed by atoms with van der Waals surface area (Å²) in [4.78, 5) is 38.3. The van der Waals surface area contributed by atoms with E-state index < -0.39 is 11.6 Å². The van der Waals surface area contributed by atoms with Crippen molar-refractivity contribution >= 4 is 29.6 Å². The molecule has 2 aliphatic rings. The van der Waals surface area contributed by atoms with Crippen LogP contribution in [0.25, 0.3) is 0 Å². The van der Waals surface area contributed by atoms with Gasteiger partial charge in [0.05, 0.1) is 5.25 Å². The number of rotatable bonds is 5. The van der Waals surface area contributed by atoms with Crippen molar-refractivity contribution in [3.8, 4) is 0 Å². The molecule has 26 heavy (non-hydrogen) atoms. The van der Waals surface area contributed by atoms with Gasteiger partial charge in [-0.05, 0) is 24.3 Å². The van der Waals surface area contributed by atoms with Gasteiger partial charge in [0.25, 0.3) is 5.91 Å². The molecular formula is C19H25N3O3S. The Morgan fingerprint density at radius 3 is 2.38 bits per heavy atom. The lowest BCUT2D eigenvalue weighted by molar-refractivity contribution is -0.135. The molecule has 0 saturated carbocycles. The average molecular weight is 375 g/mol. The number of carbonyl (C=O) groups is 3. The summed E-state index contributed by atoms with van der Waals surface area (Å²) in [6.07, 6.45) is 0.926. The molecular weight excluding hydrogens is 350 g/mol. The minimum absolute atomic E-state index is 0.115. The minimum atomic E-state index is -0.835. The van der Waals surface area contributed by atoms with Crippen LogP contribution in [0.3, 0.4) is 0 Å². The molecule has 6 nitrogen and oxygen atoms in total. The zero-order chi connectivity index (χ0) is 18.7. The number of amides is 4. The molecule has 2 aliphatic heterocycles. The van der Waals surface area contributed by atoms with E-state index in [1.165, 1.54) is 5.56 Å². The van der Waals surface area contributed by atoms with Crippen LogP contribution >= 0.6 is 11.8 Å². The highest BCUT2D eigenvalue weighted by atomic mass is 32.2. The van der Waals surface area contributed by atoms with E-state index in [1.807, 2.05) is 23.1 Å². The molecule has 1 aromatic carbocycles. The van der Waals surface area contributed by atoms with E-state index in [2.05, 4.69) is 36.6 Å². The third-order valence-electron chi connectivity index (χ3n) is 5.06. The van der Waals surface area contributed by atoms with Gasteiger partial charge in [0, 0.05) is 18.8 Å². The maximum absolute atomic E-state index is 13.0. The van der Waals surface area contributed by atoms with E-state index in [1.54, 1.807) is 11.8 Å². The second-order valence-electron chi connectivity index (χ2n) is 7.28. The van der Waals surface area contributed by atoms with Crippen molar-refractivity contribution in [3.05, 3.63) is 35.9 Å². The van der Waals surface area contributed by atoms with E-state index in [0.717, 1.165) is 5.75 Å². The van der Waals surface area contributed by atoms with Crippen LogP contribution in [0.4, 0.5) is 4.79 Å². The fourth-order valence-electron chi connectivity index (χ4n) is 3.48. The lowest BCUT2D eigenvalue weighted by Gasteiger charge is -2.38. The summed E-state index contributed by atoms with van der Waals surface area (Å²) in [5, 5.41) is 4.92. The predicted molar refractivity (Wildman–Crippen MR) is 102 cm³/mol. The summed E-state index contributed by atoms with van der Waals surface area (Å²) in [5.41, 5.74) is 0.372. The SMILES string of the molecule is CC(C)C(SCc1ccccc1)C(=O)N1CCC2(CC1)NC(=O)NC2=O. The maximum atomic E-state index is 13.0. The highest BCUT2D eigenvalue weighted by Crippen LogP contribution is 2.30. The second kappa shape index (κ2) is 7.70. The monoisotopic (exact) mass is 375 g/mol. The normalized spacial score (nSPS) is 20.2. The van der Waals surface area contributed by atoms with E-state index in [9.17, 15) is 14.4 Å². The Labute approximate surface area is 158 Å². The van der Waals surface area contributed by atoms with Crippen LogP contribution in [0.5, 0.6) is 0 Å². The average Bonchev–Trinajstić information content (AvgIpc) is 2.89. The fourth-order valence-corrected chi connectivity index (χ4v) is 4.72. The Morgan fingerprint density at radius 1 is 1.19 bits per heavy atom. The summed E-state index contributed by atoms with van der Waals surface area (Å²) < 4.78 is 0. The molecule has 0 radical (unpaired) electrons. The summed E-state index contributed by atoms with van der Waals surface area (Å²) in [7, 11) is 0. The molecule has 0 bridgehead atoms. The number of imide groups is 1. The molecule has 1 unspecified atom stereocenters. The molecule has 2 fully saturated rings. The van der Waals surface area contributed by atoms with Crippen molar-refractivity contribution in [2.75, 3.05) is 13.1 Å². The third kappa shape index (κ3) is 3.87. The third-order valence-corrected chi connectivity index (χ3v) is 6.67. The molecule has 1 aromatic rings. The zero-order valence-corrected chi connectivity index (χ0v) is 16.0. The summed E-state index contributed by atoms with van der Waals surface area (Å²) >= 11 is 1.67. The lowest BCUT2D eigenvalue weighted by atomic mass is 9.87. The van der Waals surface area contributed by atoms with Crippen molar-refractivity contribution < 1.29 is 14.4 Å². The Kier molecular flexibility index (Phi) is 5.55. The van der Waals surface area contributed by atoms with Gasteiger partial charge in [-0.15, -0.1) is 11.8 Å². The van der Waals surface area contributed by atoms with Gasteiger partial charge in [-0.1, -0.05) is 44.2 Å². The van der Waals surface area contributed by atoms with Crippen LogP contribution in [0.1, 0.15) is 32.3 Å². The van der Waals surface area contributed by atoms with Crippen LogP contribution < -0.4 is 10.6 Å². The number of nitrogens with zero attached hydrogens (tertiary/aromatic N) is 1. The Hall–Kier alpha value is -2.02. The van der Waals surface area contributed by atoms with E-state index in [-0.39, 0.29) is 23.0 Å². The van der Waals surface area contributed by atoms with Gasteiger partial charge in [0.15, 0.2) is 0 Å². The zero-order valence-electron chi connectivity index (χ0n) is 15.2. The molecule has 2 heterocycles. The number of hydrogen-bond donors (Lipinski definition) is 2. The van der Waals surface area contributed by atoms with Crippen molar-refractivity contribution in [1.29, 1.82) is 0 Å². The van der Waals surface area contributed by atoms with Crippen molar-refractivity contribution in [3.63, 3.8) is 0 Å². The minimum Gasteiger partial charge on any atom is -0.342 e. The summed E-state index contributed by atoms with van der Waals surface area (Å²) in [6.45, 7) is 5.11. The topological polar surface area (TPSA) is 78.5 Å². The number of nitrogens with one attached hydrogen (secondary N) is 2. The smallest absolute Gasteiger partial charge is 0.322 e. The first-order chi connectivity index (χ1) is 12.4. The number of urea groups is 1. The van der Waals surface area contributed by atoms with Gasteiger partial charge in [-0.25, -0.2) is 4.79 Å². The predicted octanol–water partition coefficient (Wildman–Crippen LogP) is 2.14. The van der Waals surface area contributed by atoms with Crippen LogP contribution in [-0.4, -0.2) is 46.6 Å². The standard InChI is InChI=1S/C19H25N3O3S/c1-13(2)15(26-12-14-6-4-3-5-7-14)16(23)22-10-8-19(9-11-22)17(24)20-18(25)21-19/h3-7,13,15H,8-12H2,1-2H3,(H2,20,21,24,25). The van der Waals surface area contributed by atoms with Crippen LogP contribution in [0.15, 0.2) is 30.3 Å². The molecule has 2 saturated heterocycles. The van der Waals surface area contributed by atoms with Crippen LogP contribution in [0, 0.1) is 5.92 Å². The Morgan fingerprint density at radius 2 is 1.85 bits per heavy atom. The van der Waals surface area contributed by atoms with Gasteiger partial charge < -0.3 is 10.2 Å². The van der Waals surface area contributed by atoms with Gasteiger partial charge in [0.1, 0.15) is 5.54 Å². The highest BCUT2D eigenvalue weighted by Gasteiger charge is 2.48. The van der Waals surface area contributed by atoms with Gasteiger partial charge in [0.2, 0.25) is 5.91 Å². The number of hydrogen-bond acceptors (Lipinski definition) is 4. The van der Waals surface area contributed by atoms with Crippen molar-refractivity contribution in [2.24, 2.45) is 5.92 Å². The van der Waals surface area contributed by atoms with E-state index in [0.29, 0.717) is 25.9 Å². The highest BCUT2D eigenvalue weighted by molar-refractivity contribution is 7.99. The number of likely N-dealkylation sites (tertiary alicyclic amines) is 1. The van der Waals surface area contributed by atoms with Gasteiger partial charge in [-0.3, -0.25) is 14.9 Å². The molecule has 1 spiro atoms. The van der Waals surface area contributed by atoms with E-state index >= 15 is 0 Å². The number of benzene rings is 1. The van der Waals surface area contributed by atoms with Gasteiger partial charge in [-0.2, -0.15) is 0 Å². The molecule has 0 aliphatic carbocycles. The van der Waals surface area contributed by atoms with Crippen LogP contribution in [0.2, 0.25) is 0 Å². The molecule has 1 atom stereocenters. The lowest BCUT2D eigenvalue weighted by Crippen LogP contribution is -2.57. The molecule has 2 N–H and O–H groups in total. The number of thioether (sulfide) groups is 1. The van der Waals surface area contributed by atoms with Crippen molar-refractivity contribution in [2.45, 2.75) is 43.2 Å². The van der Waals surface area contributed by atoms with E-state index in [4.69, 9.17) is 0 Å². The summed E-state index contributed by atoms with van der Waals surface area (Å²) in [6, 6.07) is 9.70.